The number of aliphatic hydroxyl groups is 2. The first-order valence-electron chi connectivity index (χ1n) is 29.2. The summed E-state index contributed by atoms with van der Waals surface area (Å²) in [6, 6.07) is -0.545. The molecule has 6 heteroatoms. The van der Waals surface area contributed by atoms with Crippen LogP contribution in [-0.4, -0.2) is 47.4 Å². The normalized spacial score (nSPS) is 12.8. The average Bonchev–Trinajstić information content (AvgIpc) is 3.32. The molecule has 1 amide bonds. The van der Waals surface area contributed by atoms with Crippen molar-refractivity contribution in [1.29, 1.82) is 0 Å². The van der Waals surface area contributed by atoms with Gasteiger partial charge in [0.1, 0.15) is 0 Å². The number of amides is 1. The first-order valence-corrected chi connectivity index (χ1v) is 29.2. The van der Waals surface area contributed by atoms with Gasteiger partial charge in [0.2, 0.25) is 5.91 Å². The highest BCUT2D eigenvalue weighted by Crippen LogP contribution is 2.16. The molecule has 0 radical (unpaired) electrons. The zero-order valence-electron chi connectivity index (χ0n) is 44.2. The molecule has 0 heterocycles. The molecule has 388 valence electrons. The van der Waals surface area contributed by atoms with Crippen molar-refractivity contribution in [2.24, 2.45) is 0 Å². The number of rotatable bonds is 54. The van der Waals surface area contributed by atoms with E-state index in [1.807, 2.05) is 0 Å². The quantitative estimate of drug-likeness (QED) is 0.0321. The first kappa shape index (κ1) is 64.1. The van der Waals surface area contributed by atoms with E-state index in [4.69, 9.17) is 4.74 Å². The van der Waals surface area contributed by atoms with E-state index in [0.717, 1.165) is 51.4 Å². The number of hydrogen-bond acceptors (Lipinski definition) is 5. The largest absolute Gasteiger partial charge is 0.466 e. The molecule has 66 heavy (non-hydrogen) atoms. The van der Waals surface area contributed by atoms with Crippen LogP contribution < -0.4 is 5.32 Å². The van der Waals surface area contributed by atoms with Gasteiger partial charge in [0.15, 0.2) is 0 Å². The minimum atomic E-state index is -0.667. The molecular formula is C60H113NO5. The van der Waals surface area contributed by atoms with Crippen LogP contribution in [0.25, 0.3) is 0 Å². The van der Waals surface area contributed by atoms with E-state index in [1.165, 1.54) is 225 Å². The maximum atomic E-state index is 12.4. The molecule has 0 bridgehead atoms. The molecule has 3 N–H and O–H groups in total. The lowest BCUT2D eigenvalue weighted by Crippen LogP contribution is -2.45. The Kier molecular flexibility index (Phi) is 54.1. The van der Waals surface area contributed by atoms with Crippen molar-refractivity contribution in [3.63, 3.8) is 0 Å². The van der Waals surface area contributed by atoms with Crippen molar-refractivity contribution in [3.8, 4) is 0 Å². The minimum Gasteiger partial charge on any atom is -0.466 e. The first-order chi connectivity index (χ1) is 32.5. The minimum absolute atomic E-state index is 0.00279. The van der Waals surface area contributed by atoms with Crippen LogP contribution >= 0.6 is 0 Å². The summed E-state index contributed by atoms with van der Waals surface area (Å²) in [5, 5.41) is 23.2. The molecule has 0 aliphatic heterocycles. The molecule has 0 aliphatic carbocycles. The maximum absolute atomic E-state index is 12.4. The lowest BCUT2D eigenvalue weighted by atomic mass is 10.0. The number of unbranched alkanes of at least 4 members (excludes halogenated alkanes) is 37. The van der Waals surface area contributed by atoms with Gasteiger partial charge in [-0.05, 0) is 83.5 Å². The summed E-state index contributed by atoms with van der Waals surface area (Å²) in [6.07, 6.45) is 68.6. The van der Waals surface area contributed by atoms with Crippen molar-refractivity contribution in [2.45, 2.75) is 321 Å². The third-order valence-corrected chi connectivity index (χ3v) is 13.4. The van der Waals surface area contributed by atoms with Crippen molar-refractivity contribution >= 4 is 11.9 Å². The van der Waals surface area contributed by atoms with Crippen LogP contribution in [-0.2, 0) is 14.3 Å². The van der Waals surface area contributed by atoms with E-state index < -0.39 is 12.1 Å². The van der Waals surface area contributed by atoms with E-state index >= 15 is 0 Å². The lowest BCUT2D eigenvalue weighted by molar-refractivity contribution is -0.143. The Morgan fingerprint density at radius 3 is 1.20 bits per heavy atom. The van der Waals surface area contributed by atoms with Gasteiger partial charge in [0, 0.05) is 12.8 Å². The maximum Gasteiger partial charge on any atom is 0.305 e. The predicted octanol–water partition coefficient (Wildman–Crippen LogP) is 18.0. The number of carbonyl (C=O) groups is 2. The number of aliphatic hydroxyl groups excluding tert-OH is 2. The molecule has 0 rings (SSSR count). The molecule has 0 aromatic rings. The Morgan fingerprint density at radius 2 is 0.758 bits per heavy atom. The third-order valence-electron chi connectivity index (χ3n) is 13.4. The van der Waals surface area contributed by atoms with Crippen molar-refractivity contribution in [2.75, 3.05) is 13.2 Å². The van der Waals surface area contributed by atoms with Gasteiger partial charge in [-0.1, -0.05) is 249 Å². The second kappa shape index (κ2) is 55.7. The monoisotopic (exact) mass is 928 g/mol. The van der Waals surface area contributed by atoms with Gasteiger partial charge in [0.25, 0.3) is 0 Å². The highest BCUT2D eigenvalue weighted by atomic mass is 16.5. The molecule has 2 unspecified atom stereocenters. The van der Waals surface area contributed by atoms with Gasteiger partial charge < -0.3 is 20.3 Å². The molecular weight excluding hydrogens is 815 g/mol. The molecule has 0 aromatic carbocycles. The molecule has 0 saturated heterocycles. The molecule has 0 fully saturated rings. The number of ether oxygens (including phenoxy) is 1. The molecule has 6 nitrogen and oxygen atoms in total. The summed E-state index contributed by atoms with van der Waals surface area (Å²) >= 11 is 0. The summed E-state index contributed by atoms with van der Waals surface area (Å²) in [5.41, 5.74) is 0. The summed E-state index contributed by atoms with van der Waals surface area (Å²) in [4.78, 5) is 24.5. The van der Waals surface area contributed by atoms with Crippen LogP contribution in [0.5, 0.6) is 0 Å². The van der Waals surface area contributed by atoms with E-state index in [0.29, 0.717) is 25.9 Å². The van der Waals surface area contributed by atoms with Gasteiger partial charge in [-0.3, -0.25) is 9.59 Å². The van der Waals surface area contributed by atoms with E-state index in [2.05, 4.69) is 55.6 Å². The standard InChI is InChI=1S/C60H113NO5/c1-3-5-7-9-11-13-15-16-26-30-34-38-42-46-50-54-60(65)66-55-51-47-43-39-35-31-28-25-23-21-19-17-18-20-22-24-27-29-33-37-41-45-49-53-59(64)61-57(56-62)58(63)52-48-44-40-36-32-14-12-10-8-6-4-2/h11,13,16,20,22,26,57-58,62-63H,3-10,12,14-15,17-19,21,23-25,27-56H2,1-2H3,(H,61,64)/b13-11-,22-20-,26-16-. The van der Waals surface area contributed by atoms with E-state index in [1.54, 1.807) is 0 Å². The lowest BCUT2D eigenvalue weighted by Gasteiger charge is -2.22. The highest BCUT2D eigenvalue weighted by Gasteiger charge is 2.20. The molecule has 0 aromatic heterocycles. The number of carbonyl (C=O) groups excluding carboxylic acids is 2. The second-order valence-corrected chi connectivity index (χ2v) is 20.0. The van der Waals surface area contributed by atoms with Gasteiger partial charge in [-0.15, -0.1) is 0 Å². The summed E-state index contributed by atoms with van der Waals surface area (Å²) < 4.78 is 5.47. The van der Waals surface area contributed by atoms with Crippen LogP contribution in [0.2, 0.25) is 0 Å². The number of hydrogen-bond donors (Lipinski definition) is 3. The number of allylic oxidation sites excluding steroid dienone is 6. The molecule has 2 atom stereocenters. The van der Waals surface area contributed by atoms with Crippen molar-refractivity contribution < 1.29 is 24.5 Å². The SMILES string of the molecule is CCCCC/C=C\C/C=C\CCCCCCCC(=O)OCCCCCCCCCCCCCC/C=C\CCCCCCCCCC(=O)NC(CO)C(O)CCCCCCCCCCCCC. The highest BCUT2D eigenvalue weighted by molar-refractivity contribution is 5.76. The fraction of sp³-hybridized carbons (Fsp3) is 0.867. The Balaban J connectivity index is 3.40. The van der Waals surface area contributed by atoms with E-state index in [-0.39, 0.29) is 18.5 Å². The molecule has 0 saturated carbocycles. The van der Waals surface area contributed by atoms with Crippen molar-refractivity contribution in [1.82, 2.24) is 5.32 Å². The number of nitrogens with one attached hydrogen (secondary N) is 1. The Hall–Kier alpha value is -1.92. The summed E-state index contributed by atoms with van der Waals surface area (Å²) in [6.45, 7) is 4.91. The third kappa shape index (κ3) is 51.5. The Morgan fingerprint density at radius 1 is 0.424 bits per heavy atom. The van der Waals surface area contributed by atoms with Crippen LogP contribution in [0, 0.1) is 0 Å². The van der Waals surface area contributed by atoms with Gasteiger partial charge >= 0.3 is 5.97 Å². The van der Waals surface area contributed by atoms with Crippen LogP contribution in [0.4, 0.5) is 0 Å². The zero-order valence-corrected chi connectivity index (χ0v) is 44.2. The average molecular weight is 929 g/mol. The van der Waals surface area contributed by atoms with Gasteiger partial charge in [-0.2, -0.15) is 0 Å². The molecule has 0 spiro atoms. The predicted molar refractivity (Wildman–Crippen MR) is 287 cm³/mol. The van der Waals surface area contributed by atoms with Gasteiger partial charge in [0.05, 0.1) is 25.4 Å². The second-order valence-electron chi connectivity index (χ2n) is 20.0. The Labute approximate surface area is 411 Å². The van der Waals surface area contributed by atoms with Crippen LogP contribution in [0.1, 0.15) is 309 Å². The number of esters is 1. The smallest absolute Gasteiger partial charge is 0.305 e. The van der Waals surface area contributed by atoms with Gasteiger partial charge in [-0.25, -0.2) is 0 Å². The van der Waals surface area contributed by atoms with Crippen LogP contribution in [0.3, 0.4) is 0 Å². The van der Waals surface area contributed by atoms with E-state index in [9.17, 15) is 19.8 Å². The van der Waals surface area contributed by atoms with Crippen LogP contribution in [0.15, 0.2) is 36.5 Å². The fourth-order valence-corrected chi connectivity index (χ4v) is 8.90. The Bertz CT molecular complexity index is 1070. The molecule has 0 aliphatic rings. The fourth-order valence-electron chi connectivity index (χ4n) is 8.90. The topological polar surface area (TPSA) is 95.9 Å². The summed E-state index contributed by atoms with van der Waals surface area (Å²) in [5.74, 6) is -0.0453. The zero-order chi connectivity index (χ0) is 47.9. The summed E-state index contributed by atoms with van der Waals surface area (Å²) in [7, 11) is 0. The van der Waals surface area contributed by atoms with Crippen molar-refractivity contribution in [3.05, 3.63) is 36.5 Å².